The van der Waals surface area contributed by atoms with Crippen molar-refractivity contribution in [2.45, 2.75) is 0 Å². The third-order valence-electron chi connectivity index (χ3n) is 1.26. The van der Waals surface area contributed by atoms with Crippen molar-refractivity contribution >= 4 is 28.4 Å². The molecule has 0 aliphatic rings. The van der Waals surface area contributed by atoms with Gasteiger partial charge in [-0.1, -0.05) is 28.1 Å². The van der Waals surface area contributed by atoms with Gasteiger partial charge in [-0.15, -0.1) is 5.46 Å². The summed E-state index contributed by atoms with van der Waals surface area (Å²) in [6, 6.07) is 2.30. The SMILES string of the molecule is Fc1cc(Br)cc([B-](F)(F)F)c1. The fourth-order valence-corrected chi connectivity index (χ4v) is 1.25. The van der Waals surface area contributed by atoms with E-state index in [9.17, 15) is 17.3 Å². The number of halogens is 5. The Balaban J connectivity index is 3.18. The minimum Gasteiger partial charge on any atom is -0.445 e. The zero-order chi connectivity index (χ0) is 9.35. The molecular formula is C6H3BBrF4-. The van der Waals surface area contributed by atoms with E-state index < -0.39 is 18.3 Å². The second-order valence-electron chi connectivity index (χ2n) is 2.28. The molecule has 1 aromatic carbocycles. The first-order valence-electron chi connectivity index (χ1n) is 3.05. The number of rotatable bonds is 1. The quantitative estimate of drug-likeness (QED) is 0.524. The highest BCUT2D eigenvalue weighted by Gasteiger charge is 2.26. The van der Waals surface area contributed by atoms with Crippen molar-refractivity contribution < 1.29 is 17.3 Å². The maximum atomic E-state index is 12.4. The number of benzene rings is 1. The van der Waals surface area contributed by atoms with Crippen molar-refractivity contribution in [3.8, 4) is 0 Å². The Morgan fingerprint density at radius 3 is 2.08 bits per heavy atom. The number of hydrogen-bond acceptors (Lipinski definition) is 0. The second kappa shape index (κ2) is 3.09. The minimum absolute atomic E-state index is 0.0942. The van der Waals surface area contributed by atoms with Gasteiger partial charge in [-0.2, -0.15) is 0 Å². The van der Waals surface area contributed by atoms with Gasteiger partial charge >= 0.3 is 6.98 Å². The zero-order valence-electron chi connectivity index (χ0n) is 5.70. The van der Waals surface area contributed by atoms with Crippen molar-refractivity contribution in [3.05, 3.63) is 28.5 Å². The Morgan fingerprint density at radius 2 is 1.67 bits per heavy atom. The van der Waals surface area contributed by atoms with Crippen molar-refractivity contribution in [2.24, 2.45) is 0 Å². The van der Waals surface area contributed by atoms with Gasteiger partial charge in [0, 0.05) is 4.47 Å². The summed E-state index contributed by atoms with van der Waals surface area (Å²) in [7, 11) is 0. The largest absolute Gasteiger partial charge is 0.509 e. The molecular weight excluding hydrogens is 239 g/mol. The van der Waals surface area contributed by atoms with Crippen molar-refractivity contribution in [2.75, 3.05) is 0 Å². The van der Waals surface area contributed by atoms with Gasteiger partial charge in [0.15, 0.2) is 0 Å². The molecule has 0 atom stereocenters. The summed E-state index contributed by atoms with van der Waals surface area (Å²) in [5.41, 5.74) is -0.929. The summed E-state index contributed by atoms with van der Waals surface area (Å²) in [6.45, 7) is -5.11. The van der Waals surface area contributed by atoms with Crippen molar-refractivity contribution in [1.29, 1.82) is 0 Å². The van der Waals surface area contributed by atoms with Crippen LogP contribution in [0, 0.1) is 5.82 Å². The van der Waals surface area contributed by atoms with Crippen molar-refractivity contribution in [1.82, 2.24) is 0 Å². The Morgan fingerprint density at radius 1 is 1.08 bits per heavy atom. The van der Waals surface area contributed by atoms with Gasteiger partial charge in [0.25, 0.3) is 0 Å². The van der Waals surface area contributed by atoms with E-state index in [0.29, 0.717) is 6.07 Å². The Hall–Kier alpha value is -0.515. The Bertz CT molecular complexity index is 276. The van der Waals surface area contributed by atoms with E-state index in [-0.39, 0.29) is 4.47 Å². The molecule has 0 bridgehead atoms. The van der Waals surface area contributed by atoms with Gasteiger partial charge in [0.05, 0.1) is 0 Å². The molecule has 0 spiro atoms. The van der Waals surface area contributed by atoms with E-state index >= 15 is 0 Å². The first-order valence-corrected chi connectivity index (χ1v) is 3.85. The average Bonchev–Trinajstić information content (AvgIpc) is 1.82. The zero-order valence-corrected chi connectivity index (χ0v) is 7.29. The smallest absolute Gasteiger partial charge is 0.445 e. The van der Waals surface area contributed by atoms with Crippen LogP contribution in [0.5, 0.6) is 0 Å². The fraction of sp³-hybridized carbons (Fsp3) is 0. The minimum atomic E-state index is -5.11. The van der Waals surface area contributed by atoms with Crippen LogP contribution in [0.4, 0.5) is 17.3 Å². The number of hydrogen-bond donors (Lipinski definition) is 0. The summed E-state index contributed by atoms with van der Waals surface area (Å²) in [4.78, 5) is 0. The van der Waals surface area contributed by atoms with Crippen LogP contribution in [-0.2, 0) is 0 Å². The normalized spacial score (nSPS) is 11.8. The molecule has 0 aliphatic heterocycles. The molecule has 0 saturated carbocycles. The highest BCUT2D eigenvalue weighted by atomic mass is 79.9. The molecule has 0 aliphatic carbocycles. The standard InChI is InChI=1S/C6H3BBrF4/c8-5-1-4(7(10,11)12)2-6(9)3-5/h1-3H/q-1. The molecule has 0 radical (unpaired) electrons. The van der Waals surface area contributed by atoms with Gasteiger partial charge in [0.2, 0.25) is 0 Å². The predicted molar refractivity (Wildman–Crippen MR) is 42.8 cm³/mol. The van der Waals surface area contributed by atoms with E-state index in [2.05, 4.69) is 15.9 Å². The van der Waals surface area contributed by atoms with Crippen LogP contribution in [-0.4, -0.2) is 6.98 Å². The van der Waals surface area contributed by atoms with Gasteiger partial charge in [-0.3, -0.25) is 0 Å². The molecule has 0 saturated heterocycles. The lowest BCUT2D eigenvalue weighted by molar-refractivity contribution is 0.500. The molecule has 0 N–H and O–H groups in total. The van der Waals surface area contributed by atoms with Crippen LogP contribution in [0.2, 0.25) is 0 Å². The third kappa shape index (κ3) is 2.23. The molecule has 0 heterocycles. The molecule has 0 amide bonds. The van der Waals surface area contributed by atoms with Crippen LogP contribution >= 0.6 is 15.9 Å². The summed E-state index contributed by atoms with van der Waals surface area (Å²) in [5.74, 6) is -0.890. The van der Waals surface area contributed by atoms with Crippen LogP contribution in [0.1, 0.15) is 0 Å². The second-order valence-corrected chi connectivity index (χ2v) is 3.19. The lowest BCUT2D eigenvalue weighted by Crippen LogP contribution is -2.34. The lowest BCUT2D eigenvalue weighted by Gasteiger charge is -2.14. The van der Waals surface area contributed by atoms with Gasteiger partial charge < -0.3 is 12.9 Å². The van der Waals surface area contributed by atoms with Gasteiger partial charge in [0.1, 0.15) is 5.82 Å². The van der Waals surface area contributed by atoms with Crippen LogP contribution in [0.15, 0.2) is 22.7 Å². The highest BCUT2D eigenvalue weighted by Crippen LogP contribution is 2.15. The summed E-state index contributed by atoms with van der Waals surface area (Å²) < 4.78 is 48.6. The molecule has 6 heteroatoms. The van der Waals surface area contributed by atoms with E-state index in [4.69, 9.17) is 0 Å². The van der Waals surface area contributed by atoms with Gasteiger partial charge in [-0.25, -0.2) is 4.39 Å². The van der Waals surface area contributed by atoms with E-state index in [1.807, 2.05) is 0 Å². The predicted octanol–water partition coefficient (Wildman–Crippen LogP) is 2.64. The van der Waals surface area contributed by atoms with E-state index in [0.717, 1.165) is 12.1 Å². The lowest BCUT2D eigenvalue weighted by atomic mass is 9.80. The molecule has 12 heavy (non-hydrogen) atoms. The maximum Gasteiger partial charge on any atom is 0.509 e. The monoisotopic (exact) mass is 241 g/mol. The first-order chi connectivity index (χ1) is 5.39. The molecule has 0 unspecified atom stereocenters. The highest BCUT2D eigenvalue weighted by molar-refractivity contribution is 9.10. The Kier molecular flexibility index (Phi) is 2.46. The van der Waals surface area contributed by atoms with Crippen molar-refractivity contribution in [3.63, 3.8) is 0 Å². The Labute approximate surface area is 74.8 Å². The average molecular weight is 242 g/mol. The molecule has 0 fully saturated rings. The molecule has 1 rings (SSSR count). The molecule has 0 aromatic heterocycles. The van der Waals surface area contributed by atoms with Gasteiger partial charge in [-0.05, 0) is 6.07 Å². The maximum absolute atomic E-state index is 12.4. The van der Waals surface area contributed by atoms with Crippen LogP contribution < -0.4 is 5.46 Å². The first kappa shape index (κ1) is 9.57. The topological polar surface area (TPSA) is 0 Å². The van der Waals surface area contributed by atoms with Crippen LogP contribution in [0.25, 0.3) is 0 Å². The van der Waals surface area contributed by atoms with E-state index in [1.165, 1.54) is 0 Å². The van der Waals surface area contributed by atoms with E-state index in [1.54, 1.807) is 0 Å². The summed E-state index contributed by atoms with van der Waals surface area (Å²) in [6.07, 6.45) is 0. The van der Waals surface area contributed by atoms with Crippen LogP contribution in [0.3, 0.4) is 0 Å². The molecule has 1 aromatic rings. The summed E-state index contributed by atoms with van der Waals surface area (Å²) in [5, 5.41) is 0. The third-order valence-corrected chi connectivity index (χ3v) is 1.72. The molecule has 0 nitrogen and oxygen atoms in total. The summed E-state index contributed by atoms with van der Waals surface area (Å²) >= 11 is 2.78. The molecule has 66 valence electrons. The fourth-order valence-electron chi connectivity index (χ4n) is 0.764.